The van der Waals surface area contributed by atoms with E-state index in [0.29, 0.717) is 17.2 Å². The Hall–Kier alpha value is -4.50. The highest BCUT2D eigenvalue weighted by Crippen LogP contribution is 2.41. The Labute approximate surface area is 251 Å². The van der Waals surface area contributed by atoms with Crippen LogP contribution in [0.4, 0.5) is 5.69 Å². The molecule has 0 bridgehead atoms. The molecule has 0 spiro atoms. The summed E-state index contributed by atoms with van der Waals surface area (Å²) in [5.74, 6) is -0.431. The van der Waals surface area contributed by atoms with Crippen LogP contribution in [-0.2, 0) is 16.0 Å². The van der Waals surface area contributed by atoms with Gasteiger partial charge in [0.05, 0.1) is 30.5 Å². The second-order valence-corrected chi connectivity index (χ2v) is 10.7. The molecule has 9 heteroatoms. The molecule has 2 aromatic carbocycles. The highest BCUT2D eigenvalue weighted by molar-refractivity contribution is 7.80. The highest BCUT2D eigenvalue weighted by Gasteiger charge is 2.41. The fraction of sp³-hybridized carbons (Fsp3) is 0.273. The first-order valence-electron chi connectivity index (χ1n) is 14.1. The van der Waals surface area contributed by atoms with Crippen molar-refractivity contribution in [2.75, 3.05) is 19.0 Å². The Bertz CT molecular complexity index is 1600. The predicted molar refractivity (Wildman–Crippen MR) is 168 cm³/mol. The number of nitrogens with zero attached hydrogens (tertiary/aromatic N) is 3. The minimum atomic E-state index is -0.371. The molecule has 2 atom stereocenters. The standard InChI is InChI=1S/C33H35N5O3S/c1-5-23-10-6-7-11-27(23)35-29(39)17-19-37-31(30(36-33(37)42)28-12-8-9-18-34-28)26-20-21(2)38(22(26)3)25-15-13-24(14-16-25)32(40)41-4/h6-16,18,20,30-31H,5,17,19H2,1-4H3,(H,35,39)(H,36,42)/t30-,31+/m1/s1. The molecule has 0 aliphatic carbocycles. The van der Waals surface area contributed by atoms with Gasteiger partial charge in [-0.15, -0.1) is 0 Å². The van der Waals surface area contributed by atoms with Gasteiger partial charge in [0.1, 0.15) is 0 Å². The molecule has 8 nitrogen and oxygen atoms in total. The lowest BCUT2D eigenvalue weighted by molar-refractivity contribution is -0.116. The van der Waals surface area contributed by atoms with Gasteiger partial charge < -0.3 is 24.8 Å². The minimum absolute atomic E-state index is 0.0603. The van der Waals surface area contributed by atoms with Crippen LogP contribution in [0.2, 0.25) is 0 Å². The number of rotatable bonds is 9. The summed E-state index contributed by atoms with van der Waals surface area (Å²) in [6.07, 6.45) is 2.90. The number of methoxy groups -OCH3 is 1. The van der Waals surface area contributed by atoms with Crippen molar-refractivity contribution >= 4 is 34.9 Å². The fourth-order valence-corrected chi connectivity index (χ4v) is 6.05. The summed E-state index contributed by atoms with van der Waals surface area (Å²) in [4.78, 5) is 31.8. The smallest absolute Gasteiger partial charge is 0.337 e. The van der Waals surface area contributed by atoms with Gasteiger partial charge in [0.2, 0.25) is 5.91 Å². The Morgan fingerprint density at radius 1 is 1.05 bits per heavy atom. The molecule has 0 unspecified atom stereocenters. The second-order valence-electron chi connectivity index (χ2n) is 10.3. The predicted octanol–water partition coefficient (Wildman–Crippen LogP) is 5.84. The third-order valence-electron chi connectivity index (χ3n) is 7.79. The summed E-state index contributed by atoms with van der Waals surface area (Å²) in [7, 11) is 1.38. The number of anilines is 1. The molecule has 2 aromatic heterocycles. The van der Waals surface area contributed by atoms with Crippen molar-refractivity contribution in [2.45, 2.75) is 45.7 Å². The molecule has 1 aliphatic rings. The lowest BCUT2D eigenvalue weighted by Gasteiger charge is -2.28. The Morgan fingerprint density at radius 2 is 1.79 bits per heavy atom. The van der Waals surface area contributed by atoms with Crippen molar-refractivity contribution in [3.63, 3.8) is 0 Å². The number of pyridine rings is 1. The summed E-state index contributed by atoms with van der Waals surface area (Å²) in [5, 5.41) is 7.15. The molecule has 1 aliphatic heterocycles. The number of carbonyl (C=O) groups is 2. The first-order chi connectivity index (χ1) is 20.3. The van der Waals surface area contributed by atoms with Crippen LogP contribution in [0.1, 0.15) is 64.0 Å². The Balaban J connectivity index is 1.46. The third kappa shape index (κ3) is 5.78. The first-order valence-corrected chi connectivity index (χ1v) is 14.5. The van der Waals surface area contributed by atoms with E-state index in [4.69, 9.17) is 17.0 Å². The molecule has 42 heavy (non-hydrogen) atoms. The number of hydrogen-bond donors (Lipinski definition) is 2. The van der Waals surface area contributed by atoms with Crippen LogP contribution in [-0.4, -0.2) is 45.1 Å². The molecule has 0 saturated carbocycles. The second kappa shape index (κ2) is 12.6. The molecular weight excluding hydrogens is 546 g/mol. The van der Waals surface area contributed by atoms with Gasteiger partial charge in [-0.05, 0) is 92.1 Å². The zero-order chi connectivity index (χ0) is 29.8. The van der Waals surface area contributed by atoms with Gasteiger partial charge in [-0.3, -0.25) is 9.78 Å². The molecular formula is C33H35N5O3S. The normalized spacial score (nSPS) is 16.3. The maximum absolute atomic E-state index is 13.1. The lowest BCUT2D eigenvalue weighted by Crippen LogP contribution is -2.33. The lowest BCUT2D eigenvalue weighted by atomic mass is 9.96. The number of carbonyl (C=O) groups excluding carboxylic acids is 2. The summed E-state index contributed by atoms with van der Waals surface area (Å²) in [5.41, 5.74) is 7.43. The number of aromatic nitrogens is 2. The first kappa shape index (κ1) is 29.0. The number of para-hydroxylation sites is 1. The SMILES string of the molecule is CCc1ccccc1NC(=O)CCN1C(=S)N[C@H](c2ccccn2)[C@@H]1c1cc(C)n(-c2ccc(C(=O)OC)cc2)c1C. The van der Waals surface area contributed by atoms with Gasteiger partial charge in [-0.25, -0.2) is 4.79 Å². The van der Waals surface area contributed by atoms with E-state index in [1.807, 2.05) is 54.6 Å². The van der Waals surface area contributed by atoms with Crippen molar-refractivity contribution in [3.05, 3.63) is 113 Å². The van der Waals surface area contributed by atoms with Gasteiger partial charge in [-0.2, -0.15) is 0 Å². The molecule has 5 rings (SSSR count). The molecule has 216 valence electrons. The monoisotopic (exact) mass is 581 g/mol. The number of benzene rings is 2. The van der Waals surface area contributed by atoms with Gasteiger partial charge >= 0.3 is 5.97 Å². The van der Waals surface area contributed by atoms with Gasteiger partial charge in [0, 0.05) is 41.9 Å². The van der Waals surface area contributed by atoms with E-state index in [1.54, 1.807) is 18.3 Å². The van der Waals surface area contributed by atoms with Crippen LogP contribution in [0.5, 0.6) is 0 Å². The topological polar surface area (TPSA) is 88.5 Å². The van der Waals surface area contributed by atoms with Crippen molar-refractivity contribution in [3.8, 4) is 5.69 Å². The summed E-state index contributed by atoms with van der Waals surface area (Å²) < 4.78 is 7.02. The molecule has 1 saturated heterocycles. The van der Waals surface area contributed by atoms with E-state index in [-0.39, 0.29) is 30.4 Å². The van der Waals surface area contributed by atoms with Crippen LogP contribution >= 0.6 is 12.2 Å². The van der Waals surface area contributed by atoms with Crippen LogP contribution in [0.3, 0.4) is 0 Å². The Kier molecular flexibility index (Phi) is 8.68. The number of thiocarbonyl (C=S) groups is 1. The van der Waals surface area contributed by atoms with Gasteiger partial charge in [0.25, 0.3) is 0 Å². The van der Waals surface area contributed by atoms with E-state index >= 15 is 0 Å². The van der Waals surface area contributed by atoms with Crippen molar-refractivity contribution in [1.82, 2.24) is 19.8 Å². The number of esters is 1. The number of ether oxygens (including phenoxy) is 1. The Morgan fingerprint density at radius 3 is 2.48 bits per heavy atom. The third-order valence-corrected chi connectivity index (χ3v) is 8.14. The minimum Gasteiger partial charge on any atom is -0.465 e. The largest absolute Gasteiger partial charge is 0.465 e. The van der Waals surface area contributed by atoms with E-state index in [1.165, 1.54) is 7.11 Å². The molecule has 0 radical (unpaired) electrons. The summed E-state index contributed by atoms with van der Waals surface area (Å²) >= 11 is 5.85. The zero-order valence-electron chi connectivity index (χ0n) is 24.3. The van der Waals surface area contributed by atoms with Crippen molar-refractivity contribution < 1.29 is 14.3 Å². The van der Waals surface area contributed by atoms with Crippen LogP contribution in [0, 0.1) is 13.8 Å². The molecule has 3 heterocycles. The van der Waals surface area contributed by atoms with E-state index < -0.39 is 0 Å². The van der Waals surface area contributed by atoms with Crippen molar-refractivity contribution in [1.29, 1.82) is 0 Å². The van der Waals surface area contributed by atoms with E-state index in [0.717, 1.165) is 46.0 Å². The van der Waals surface area contributed by atoms with E-state index in [2.05, 4.69) is 51.9 Å². The summed E-state index contributed by atoms with van der Waals surface area (Å²) in [6, 6.07) is 22.9. The fourth-order valence-electron chi connectivity index (χ4n) is 5.72. The number of hydrogen-bond acceptors (Lipinski definition) is 5. The highest BCUT2D eigenvalue weighted by atomic mass is 32.1. The molecule has 1 fully saturated rings. The van der Waals surface area contributed by atoms with Crippen LogP contribution in [0.15, 0.2) is 79.0 Å². The molecule has 1 amide bonds. The van der Waals surface area contributed by atoms with Gasteiger partial charge in [0.15, 0.2) is 5.11 Å². The maximum Gasteiger partial charge on any atom is 0.337 e. The molecule has 2 N–H and O–H groups in total. The van der Waals surface area contributed by atoms with Crippen molar-refractivity contribution in [2.24, 2.45) is 0 Å². The number of nitrogens with one attached hydrogen (secondary N) is 2. The van der Waals surface area contributed by atoms with Gasteiger partial charge in [-0.1, -0.05) is 31.2 Å². The number of aryl methyl sites for hydroxylation is 2. The average molecular weight is 582 g/mol. The quantitative estimate of drug-likeness (QED) is 0.190. The number of amides is 1. The van der Waals surface area contributed by atoms with Crippen LogP contribution in [0.25, 0.3) is 5.69 Å². The summed E-state index contributed by atoms with van der Waals surface area (Å²) in [6.45, 7) is 6.66. The molecule has 4 aromatic rings. The van der Waals surface area contributed by atoms with E-state index in [9.17, 15) is 9.59 Å². The average Bonchev–Trinajstić information content (AvgIpc) is 3.50. The van der Waals surface area contributed by atoms with Crippen LogP contribution < -0.4 is 10.6 Å². The maximum atomic E-state index is 13.1. The zero-order valence-corrected chi connectivity index (χ0v) is 25.1.